The first-order valence-corrected chi connectivity index (χ1v) is 12.7. The molecular formula is C26H35N3O4. The maximum absolute atomic E-state index is 13.0. The third-order valence-electron chi connectivity index (χ3n) is 8.00. The van der Waals surface area contributed by atoms with Crippen LogP contribution < -0.4 is 10.6 Å². The SMILES string of the molecule is O=C1CCC(N2Cc3cc(C[C@H]4CCCC[C@@H]4NCC4CCOCC4)ccc3C2=O)C(=O)N1. The molecule has 0 bridgehead atoms. The maximum atomic E-state index is 13.0. The maximum Gasteiger partial charge on any atom is 0.255 e. The highest BCUT2D eigenvalue weighted by Crippen LogP contribution is 2.32. The summed E-state index contributed by atoms with van der Waals surface area (Å²) >= 11 is 0. The number of fused-ring (bicyclic) bond motifs is 1. The van der Waals surface area contributed by atoms with Gasteiger partial charge in [0.2, 0.25) is 11.8 Å². The van der Waals surface area contributed by atoms with Gasteiger partial charge in [0.1, 0.15) is 6.04 Å². The van der Waals surface area contributed by atoms with Crippen LogP contribution in [0.4, 0.5) is 0 Å². The number of rotatable bonds is 6. The molecule has 0 spiro atoms. The van der Waals surface area contributed by atoms with Crippen molar-refractivity contribution < 1.29 is 19.1 Å². The van der Waals surface area contributed by atoms with E-state index in [1.807, 2.05) is 6.07 Å². The first-order chi connectivity index (χ1) is 16.1. The molecule has 2 N–H and O–H groups in total. The number of hydrogen-bond donors (Lipinski definition) is 2. The minimum absolute atomic E-state index is 0.0975. The molecule has 3 aliphatic heterocycles. The van der Waals surface area contributed by atoms with E-state index in [1.54, 1.807) is 4.90 Å². The lowest BCUT2D eigenvalue weighted by Gasteiger charge is -2.34. The Balaban J connectivity index is 1.22. The molecule has 4 aliphatic rings. The number of piperidine rings is 1. The van der Waals surface area contributed by atoms with E-state index in [9.17, 15) is 14.4 Å². The molecule has 0 radical (unpaired) electrons. The Kier molecular flexibility index (Phi) is 6.79. The third-order valence-corrected chi connectivity index (χ3v) is 8.00. The Hall–Kier alpha value is -2.25. The minimum Gasteiger partial charge on any atom is -0.381 e. The van der Waals surface area contributed by atoms with E-state index in [2.05, 4.69) is 22.8 Å². The van der Waals surface area contributed by atoms with Gasteiger partial charge in [-0.15, -0.1) is 0 Å². The number of hydrogen-bond acceptors (Lipinski definition) is 5. The zero-order valence-corrected chi connectivity index (χ0v) is 19.3. The molecule has 3 atom stereocenters. The van der Waals surface area contributed by atoms with Gasteiger partial charge < -0.3 is 15.0 Å². The van der Waals surface area contributed by atoms with Crippen LogP contribution in [-0.4, -0.2) is 54.5 Å². The largest absolute Gasteiger partial charge is 0.381 e. The first-order valence-electron chi connectivity index (χ1n) is 12.7. The quantitative estimate of drug-likeness (QED) is 0.647. The van der Waals surface area contributed by atoms with Gasteiger partial charge in [-0.25, -0.2) is 0 Å². The molecule has 2 saturated heterocycles. The van der Waals surface area contributed by atoms with Gasteiger partial charge in [-0.2, -0.15) is 0 Å². The fraction of sp³-hybridized carbons (Fsp3) is 0.654. The summed E-state index contributed by atoms with van der Waals surface area (Å²) in [5, 5.41) is 6.26. The van der Waals surface area contributed by atoms with E-state index < -0.39 is 6.04 Å². The minimum atomic E-state index is -0.553. The van der Waals surface area contributed by atoms with Crippen molar-refractivity contribution in [3.8, 4) is 0 Å². The Morgan fingerprint density at radius 3 is 2.67 bits per heavy atom. The molecule has 5 rings (SSSR count). The van der Waals surface area contributed by atoms with Crippen molar-refractivity contribution in [3.63, 3.8) is 0 Å². The summed E-state index contributed by atoms with van der Waals surface area (Å²) in [5.74, 6) is 0.633. The Bertz CT molecular complexity index is 911. The second-order valence-corrected chi connectivity index (χ2v) is 10.2. The van der Waals surface area contributed by atoms with E-state index in [-0.39, 0.29) is 24.1 Å². The van der Waals surface area contributed by atoms with E-state index in [1.165, 1.54) is 31.2 Å². The smallest absolute Gasteiger partial charge is 0.255 e. The monoisotopic (exact) mass is 453 g/mol. The van der Waals surface area contributed by atoms with Crippen LogP contribution in [0.25, 0.3) is 0 Å². The van der Waals surface area contributed by atoms with Gasteiger partial charge in [0.25, 0.3) is 5.91 Å². The highest BCUT2D eigenvalue weighted by atomic mass is 16.5. The molecule has 1 aromatic rings. The second kappa shape index (κ2) is 9.94. The van der Waals surface area contributed by atoms with Crippen LogP contribution in [-0.2, 0) is 27.3 Å². The van der Waals surface area contributed by atoms with Gasteiger partial charge in [0.15, 0.2) is 0 Å². The number of imide groups is 1. The number of benzene rings is 1. The molecule has 33 heavy (non-hydrogen) atoms. The lowest BCUT2D eigenvalue weighted by atomic mass is 9.80. The fourth-order valence-electron chi connectivity index (χ4n) is 6.05. The predicted molar refractivity (Wildman–Crippen MR) is 123 cm³/mol. The molecule has 1 saturated carbocycles. The highest BCUT2D eigenvalue weighted by Gasteiger charge is 2.39. The van der Waals surface area contributed by atoms with Crippen molar-refractivity contribution in [2.75, 3.05) is 19.8 Å². The molecule has 3 heterocycles. The Morgan fingerprint density at radius 2 is 1.85 bits per heavy atom. The van der Waals surface area contributed by atoms with Crippen LogP contribution in [0.1, 0.15) is 72.9 Å². The average molecular weight is 454 g/mol. The summed E-state index contributed by atoms with van der Waals surface area (Å²) in [7, 11) is 0. The van der Waals surface area contributed by atoms with Crippen molar-refractivity contribution in [1.82, 2.24) is 15.5 Å². The van der Waals surface area contributed by atoms with E-state index in [4.69, 9.17) is 4.74 Å². The van der Waals surface area contributed by atoms with Crippen LogP contribution in [0.3, 0.4) is 0 Å². The first kappa shape index (κ1) is 22.5. The van der Waals surface area contributed by atoms with Crippen molar-refractivity contribution >= 4 is 17.7 Å². The van der Waals surface area contributed by atoms with Crippen molar-refractivity contribution in [2.24, 2.45) is 11.8 Å². The van der Waals surface area contributed by atoms with Gasteiger partial charge >= 0.3 is 0 Å². The zero-order valence-electron chi connectivity index (χ0n) is 19.3. The van der Waals surface area contributed by atoms with Gasteiger partial charge in [-0.1, -0.05) is 25.0 Å². The number of carbonyl (C=O) groups is 3. The molecule has 3 amide bonds. The van der Waals surface area contributed by atoms with Crippen LogP contribution in [0.5, 0.6) is 0 Å². The standard InChI is InChI=1S/C26H35N3O4/c30-24-8-7-23(25(31)28-24)29-16-20-14-18(5-6-21(20)26(29)32)13-19-3-1-2-4-22(19)27-15-17-9-11-33-12-10-17/h5-6,14,17,19,22-23,27H,1-4,7-13,15-16H2,(H,28,30,31)/t19-,22+,23?/m1/s1. The van der Waals surface area contributed by atoms with E-state index >= 15 is 0 Å². The second-order valence-electron chi connectivity index (χ2n) is 10.2. The van der Waals surface area contributed by atoms with Gasteiger partial charge in [0.05, 0.1) is 0 Å². The molecular weight excluding hydrogens is 418 g/mol. The summed E-state index contributed by atoms with van der Waals surface area (Å²) in [4.78, 5) is 38.4. The molecule has 1 aliphatic carbocycles. The Labute approximate surface area is 195 Å². The highest BCUT2D eigenvalue weighted by molar-refractivity contribution is 6.05. The van der Waals surface area contributed by atoms with E-state index in [0.717, 1.165) is 50.5 Å². The fourth-order valence-corrected chi connectivity index (χ4v) is 6.05. The molecule has 7 nitrogen and oxygen atoms in total. The number of carbonyl (C=O) groups excluding carboxylic acids is 3. The van der Waals surface area contributed by atoms with Crippen LogP contribution in [0.2, 0.25) is 0 Å². The molecule has 1 aromatic carbocycles. The van der Waals surface area contributed by atoms with Gasteiger partial charge in [-0.05, 0) is 74.1 Å². The normalized spacial score (nSPS) is 28.7. The predicted octanol–water partition coefficient (Wildman–Crippen LogP) is 2.57. The van der Waals surface area contributed by atoms with Crippen LogP contribution in [0, 0.1) is 11.8 Å². The van der Waals surface area contributed by atoms with Crippen molar-refractivity contribution in [2.45, 2.75) is 76.4 Å². The van der Waals surface area contributed by atoms with Crippen LogP contribution in [0.15, 0.2) is 18.2 Å². The molecule has 7 heteroatoms. The summed E-state index contributed by atoms with van der Waals surface area (Å²) in [5.41, 5.74) is 2.97. The van der Waals surface area contributed by atoms with Crippen LogP contribution >= 0.6 is 0 Å². The average Bonchev–Trinajstić information content (AvgIpc) is 3.14. The van der Waals surface area contributed by atoms with Gasteiger partial charge in [0, 0.05) is 37.8 Å². The molecule has 1 unspecified atom stereocenters. The third kappa shape index (κ3) is 4.99. The summed E-state index contributed by atoms with van der Waals surface area (Å²) in [6.07, 6.45) is 9.08. The summed E-state index contributed by atoms with van der Waals surface area (Å²) in [6, 6.07) is 6.20. The number of nitrogens with zero attached hydrogens (tertiary/aromatic N) is 1. The van der Waals surface area contributed by atoms with Crippen molar-refractivity contribution in [1.29, 1.82) is 0 Å². The van der Waals surface area contributed by atoms with E-state index in [0.29, 0.717) is 30.5 Å². The number of nitrogens with one attached hydrogen (secondary N) is 2. The lowest BCUT2D eigenvalue weighted by Crippen LogP contribution is -2.52. The van der Waals surface area contributed by atoms with Crippen molar-refractivity contribution in [3.05, 3.63) is 34.9 Å². The molecule has 3 fully saturated rings. The lowest BCUT2D eigenvalue weighted by molar-refractivity contribution is -0.136. The summed E-state index contributed by atoms with van der Waals surface area (Å²) in [6.45, 7) is 3.32. The zero-order chi connectivity index (χ0) is 22.8. The number of ether oxygens (including phenoxy) is 1. The number of amides is 3. The topological polar surface area (TPSA) is 87.7 Å². The summed E-state index contributed by atoms with van der Waals surface area (Å²) < 4.78 is 5.50. The van der Waals surface area contributed by atoms with Gasteiger partial charge in [-0.3, -0.25) is 19.7 Å². The Morgan fingerprint density at radius 1 is 1.03 bits per heavy atom. The molecule has 0 aromatic heterocycles. The molecule has 178 valence electrons.